The molecule has 2 heterocycles. The van der Waals surface area contributed by atoms with E-state index in [1.54, 1.807) is 11.3 Å². The summed E-state index contributed by atoms with van der Waals surface area (Å²) in [4.78, 5) is 5.25. The average molecular weight is 232 g/mol. The van der Waals surface area contributed by atoms with Crippen molar-refractivity contribution in [1.82, 2.24) is 9.36 Å². The SMILES string of the molecule is Clc1nsc(NCc2cccs2)n1. The molecule has 2 aromatic heterocycles. The second-order valence-electron chi connectivity index (χ2n) is 2.30. The molecule has 2 rings (SSSR count). The molecule has 0 aliphatic heterocycles. The number of nitrogens with one attached hydrogen (secondary N) is 1. The van der Waals surface area contributed by atoms with Crippen LogP contribution >= 0.6 is 34.5 Å². The molecule has 0 bridgehead atoms. The summed E-state index contributed by atoms with van der Waals surface area (Å²) in [6, 6.07) is 4.09. The second-order valence-corrected chi connectivity index (χ2v) is 4.42. The summed E-state index contributed by atoms with van der Waals surface area (Å²) in [5.41, 5.74) is 0. The summed E-state index contributed by atoms with van der Waals surface area (Å²) in [5.74, 6) is 0. The number of anilines is 1. The fraction of sp³-hybridized carbons (Fsp3) is 0.143. The van der Waals surface area contributed by atoms with Crippen LogP contribution in [-0.4, -0.2) is 9.36 Å². The van der Waals surface area contributed by atoms with Crippen LogP contribution in [0.3, 0.4) is 0 Å². The zero-order valence-electron chi connectivity index (χ0n) is 6.53. The molecular formula is C7H6ClN3S2. The average Bonchev–Trinajstić information content (AvgIpc) is 2.71. The summed E-state index contributed by atoms with van der Waals surface area (Å²) < 4.78 is 3.85. The van der Waals surface area contributed by atoms with E-state index in [1.165, 1.54) is 16.4 Å². The zero-order chi connectivity index (χ0) is 9.10. The molecule has 0 aliphatic rings. The van der Waals surface area contributed by atoms with E-state index in [1.807, 2.05) is 11.4 Å². The number of hydrogen-bond donors (Lipinski definition) is 1. The topological polar surface area (TPSA) is 37.8 Å². The van der Waals surface area contributed by atoms with Crippen LogP contribution in [0.2, 0.25) is 5.28 Å². The third-order valence-corrected chi connectivity index (χ3v) is 3.21. The van der Waals surface area contributed by atoms with Gasteiger partial charge in [0.15, 0.2) is 0 Å². The Labute approximate surface area is 88.6 Å². The number of aromatic nitrogens is 2. The smallest absolute Gasteiger partial charge is 0.236 e. The van der Waals surface area contributed by atoms with Gasteiger partial charge in [-0.2, -0.15) is 9.36 Å². The van der Waals surface area contributed by atoms with Gasteiger partial charge in [0.05, 0.1) is 6.54 Å². The molecule has 0 unspecified atom stereocenters. The highest BCUT2D eigenvalue weighted by Crippen LogP contribution is 2.16. The summed E-state index contributed by atoms with van der Waals surface area (Å²) in [7, 11) is 0. The Hall–Kier alpha value is -0.650. The van der Waals surface area contributed by atoms with Gasteiger partial charge in [0.2, 0.25) is 10.4 Å². The monoisotopic (exact) mass is 231 g/mol. The maximum atomic E-state index is 5.57. The molecule has 0 saturated carbocycles. The standard InChI is InChI=1S/C7H6ClN3S2/c8-6-10-7(13-11-6)9-4-5-2-1-3-12-5/h1-3H,4H2,(H,9,10,11). The molecule has 0 spiro atoms. The number of hydrogen-bond acceptors (Lipinski definition) is 5. The molecule has 0 amide bonds. The van der Waals surface area contributed by atoms with Crippen molar-refractivity contribution in [2.75, 3.05) is 5.32 Å². The first-order valence-corrected chi connectivity index (χ1v) is 5.63. The van der Waals surface area contributed by atoms with E-state index in [0.717, 1.165) is 11.7 Å². The van der Waals surface area contributed by atoms with Crippen molar-refractivity contribution in [3.63, 3.8) is 0 Å². The van der Waals surface area contributed by atoms with Crippen LogP contribution in [-0.2, 0) is 6.54 Å². The van der Waals surface area contributed by atoms with Gasteiger partial charge < -0.3 is 5.32 Å². The molecule has 68 valence electrons. The minimum Gasteiger partial charge on any atom is -0.355 e. The van der Waals surface area contributed by atoms with Gasteiger partial charge in [-0.1, -0.05) is 6.07 Å². The summed E-state index contributed by atoms with van der Waals surface area (Å²) in [6.45, 7) is 0.781. The largest absolute Gasteiger partial charge is 0.355 e. The first-order valence-electron chi connectivity index (χ1n) is 3.60. The maximum Gasteiger partial charge on any atom is 0.236 e. The molecule has 0 fully saturated rings. The molecule has 6 heteroatoms. The lowest BCUT2D eigenvalue weighted by atomic mass is 10.5. The first kappa shape index (κ1) is 8.93. The van der Waals surface area contributed by atoms with Crippen LogP contribution in [0.4, 0.5) is 5.13 Å². The quantitative estimate of drug-likeness (QED) is 0.883. The van der Waals surface area contributed by atoms with Crippen molar-refractivity contribution in [1.29, 1.82) is 0 Å². The number of rotatable bonds is 3. The van der Waals surface area contributed by atoms with Gasteiger partial charge in [0.25, 0.3) is 0 Å². The Bertz CT molecular complexity index is 371. The summed E-state index contributed by atoms with van der Waals surface area (Å²) in [6.07, 6.45) is 0. The highest BCUT2D eigenvalue weighted by atomic mass is 35.5. The minimum atomic E-state index is 0.304. The van der Waals surface area contributed by atoms with Gasteiger partial charge in [-0.05, 0) is 23.0 Å². The van der Waals surface area contributed by atoms with Gasteiger partial charge in [0.1, 0.15) is 0 Å². The van der Waals surface area contributed by atoms with E-state index < -0.39 is 0 Å². The third-order valence-electron chi connectivity index (χ3n) is 1.40. The lowest BCUT2D eigenvalue weighted by molar-refractivity contribution is 1.17. The Kier molecular flexibility index (Phi) is 2.77. The lowest BCUT2D eigenvalue weighted by Crippen LogP contribution is -1.95. The molecule has 2 aromatic rings. The molecule has 1 N–H and O–H groups in total. The van der Waals surface area contributed by atoms with Crippen molar-refractivity contribution >= 4 is 39.6 Å². The van der Waals surface area contributed by atoms with E-state index in [-0.39, 0.29) is 0 Å². The van der Waals surface area contributed by atoms with Crippen molar-refractivity contribution in [3.05, 3.63) is 27.7 Å². The van der Waals surface area contributed by atoms with Crippen LogP contribution in [0.25, 0.3) is 0 Å². The van der Waals surface area contributed by atoms with Gasteiger partial charge >= 0.3 is 0 Å². The molecular weight excluding hydrogens is 226 g/mol. The van der Waals surface area contributed by atoms with Crippen LogP contribution in [0.5, 0.6) is 0 Å². The van der Waals surface area contributed by atoms with Crippen molar-refractivity contribution in [3.8, 4) is 0 Å². The van der Waals surface area contributed by atoms with E-state index in [9.17, 15) is 0 Å². The maximum absolute atomic E-state index is 5.57. The molecule has 13 heavy (non-hydrogen) atoms. The van der Waals surface area contributed by atoms with E-state index in [4.69, 9.17) is 11.6 Å². The highest BCUT2D eigenvalue weighted by Gasteiger charge is 2.00. The predicted molar refractivity (Wildman–Crippen MR) is 56.6 cm³/mol. The number of thiophene rings is 1. The molecule has 0 aromatic carbocycles. The Morgan fingerprint density at radius 3 is 3.08 bits per heavy atom. The molecule has 0 aliphatic carbocycles. The molecule has 0 saturated heterocycles. The van der Waals surface area contributed by atoms with Crippen molar-refractivity contribution in [2.45, 2.75) is 6.54 Å². The van der Waals surface area contributed by atoms with Gasteiger partial charge in [-0.15, -0.1) is 11.3 Å². The molecule has 0 atom stereocenters. The number of halogens is 1. The van der Waals surface area contributed by atoms with E-state index in [0.29, 0.717) is 5.28 Å². The van der Waals surface area contributed by atoms with Crippen LogP contribution in [0.1, 0.15) is 4.88 Å². The third kappa shape index (κ3) is 2.40. The van der Waals surface area contributed by atoms with Gasteiger partial charge in [-0.3, -0.25) is 0 Å². The van der Waals surface area contributed by atoms with E-state index >= 15 is 0 Å². The van der Waals surface area contributed by atoms with Gasteiger partial charge in [0, 0.05) is 16.4 Å². The van der Waals surface area contributed by atoms with Crippen LogP contribution in [0.15, 0.2) is 17.5 Å². The molecule has 0 radical (unpaired) electrons. The molecule has 3 nitrogen and oxygen atoms in total. The Balaban J connectivity index is 1.93. The van der Waals surface area contributed by atoms with Crippen LogP contribution in [0, 0.1) is 0 Å². The zero-order valence-corrected chi connectivity index (χ0v) is 8.92. The fourth-order valence-electron chi connectivity index (χ4n) is 0.853. The second kappa shape index (κ2) is 4.04. The summed E-state index contributed by atoms with van der Waals surface area (Å²) >= 11 is 8.55. The fourth-order valence-corrected chi connectivity index (χ4v) is 2.20. The predicted octanol–water partition coefficient (Wildman–Crippen LogP) is 2.87. The van der Waals surface area contributed by atoms with Crippen molar-refractivity contribution < 1.29 is 0 Å². The van der Waals surface area contributed by atoms with E-state index in [2.05, 4.69) is 20.7 Å². The summed E-state index contributed by atoms with van der Waals surface area (Å²) in [5, 5.41) is 6.25. The van der Waals surface area contributed by atoms with Crippen molar-refractivity contribution in [2.24, 2.45) is 0 Å². The number of nitrogens with zero attached hydrogens (tertiary/aromatic N) is 2. The first-order chi connectivity index (χ1) is 6.34. The minimum absolute atomic E-state index is 0.304. The van der Waals surface area contributed by atoms with Gasteiger partial charge in [-0.25, -0.2) is 0 Å². The Morgan fingerprint density at radius 1 is 1.54 bits per heavy atom. The Morgan fingerprint density at radius 2 is 2.46 bits per heavy atom. The lowest BCUT2D eigenvalue weighted by Gasteiger charge is -1.96. The highest BCUT2D eigenvalue weighted by molar-refractivity contribution is 7.10. The normalized spacial score (nSPS) is 10.2. The van der Waals surface area contributed by atoms with Crippen LogP contribution < -0.4 is 5.32 Å².